The van der Waals surface area contributed by atoms with Crippen LogP contribution in [-0.4, -0.2) is 63.5 Å². The maximum Gasteiger partial charge on any atom is 0.356 e. The van der Waals surface area contributed by atoms with Crippen LogP contribution >= 0.6 is 7.60 Å². The van der Waals surface area contributed by atoms with Crippen LogP contribution in [0.3, 0.4) is 0 Å². The van der Waals surface area contributed by atoms with E-state index in [0.29, 0.717) is 19.3 Å². The number of amides is 3. The monoisotopic (exact) mass is 673 g/mol. The average molecular weight is 674 g/mol. The Bertz CT molecular complexity index is 1540. The van der Waals surface area contributed by atoms with Crippen molar-refractivity contribution in [3.63, 3.8) is 0 Å². The number of carboxylic acids is 1. The SMILES string of the molecule is CCCCCC(C(=O)NCNC(=O)c1ccc(-c2cc(OCC(=O)O)cc(P(=O)(O)O)c2)o1)C(CC)N(C=O)OCc1ccccc1. The highest BCUT2D eigenvalue weighted by molar-refractivity contribution is 7.60. The number of carbonyl (C=O) groups is 4. The number of hydroxylamine groups is 2. The second-order valence-corrected chi connectivity index (χ2v) is 12.2. The van der Waals surface area contributed by atoms with Crippen molar-refractivity contribution >= 4 is 37.1 Å². The Balaban J connectivity index is 1.67. The van der Waals surface area contributed by atoms with Crippen LogP contribution in [0.25, 0.3) is 11.3 Å². The van der Waals surface area contributed by atoms with Crippen molar-refractivity contribution in [2.45, 2.75) is 58.6 Å². The summed E-state index contributed by atoms with van der Waals surface area (Å²) in [5.41, 5.74) is 1.000. The smallest absolute Gasteiger partial charge is 0.356 e. The number of benzene rings is 2. The molecule has 15 heteroatoms. The highest BCUT2D eigenvalue weighted by Crippen LogP contribution is 2.37. The molecule has 0 saturated heterocycles. The van der Waals surface area contributed by atoms with E-state index < -0.39 is 43.3 Å². The van der Waals surface area contributed by atoms with Crippen LogP contribution in [0, 0.1) is 5.92 Å². The highest BCUT2D eigenvalue weighted by atomic mass is 31.2. The Labute approximate surface area is 272 Å². The number of aliphatic carboxylic acids is 1. The van der Waals surface area contributed by atoms with E-state index in [9.17, 15) is 33.5 Å². The van der Waals surface area contributed by atoms with Gasteiger partial charge in [-0.1, -0.05) is 63.4 Å². The van der Waals surface area contributed by atoms with Gasteiger partial charge in [0.1, 0.15) is 18.1 Å². The first kappa shape index (κ1) is 37.0. The van der Waals surface area contributed by atoms with E-state index in [1.165, 1.54) is 23.3 Å². The molecule has 0 aliphatic carbocycles. The predicted molar refractivity (Wildman–Crippen MR) is 170 cm³/mol. The summed E-state index contributed by atoms with van der Waals surface area (Å²) in [7, 11) is -4.75. The second-order valence-electron chi connectivity index (χ2n) is 10.6. The third-order valence-corrected chi connectivity index (χ3v) is 8.14. The Morgan fingerprint density at radius 2 is 1.77 bits per heavy atom. The lowest BCUT2D eigenvalue weighted by atomic mass is 9.90. The van der Waals surface area contributed by atoms with Gasteiger partial charge in [0.05, 0.1) is 23.9 Å². The van der Waals surface area contributed by atoms with E-state index in [-0.39, 0.29) is 42.0 Å². The zero-order valence-corrected chi connectivity index (χ0v) is 27.1. The molecule has 3 aromatic rings. The third-order valence-electron chi connectivity index (χ3n) is 7.21. The number of hydrogen-bond donors (Lipinski definition) is 5. The maximum atomic E-state index is 13.4. The van der Waals surface area contributed by atoms with Crippen LogP contribution in [0.4, 0.5) is 0 Å². The lowest BCUT2D eigenvalue weighted by Crippen LogP contribution is -2.48. The quantitative estimate of drug-likeness (QED) is 0.0385. The van der Waals surface area contributed by atoms with E-state index >= 15 is 0 Å². The van der Waals surface area contributed by atoms with Gasteiger partial charge in [0.15, 0.2) is 12.4 Å². The molecule has 2 unspecified atom stereocenters. The van der Waals surface area contributed by atoms with Gasteiger partial charge in [-0.05, 0) is 48.7 Å². The normalized spacial score (nSPS) is 12.5. The van der Waals surface area contributed by atoms with Crippen molar-refractivity contribution in [1.82, 2.24) is 15.7 Å². The highest BCUT2D eigenvalue weighted by Gasteiger charge is 2.32. The van der Waals surface area contributed by atoms with Gasteiger partial charge in [-0.25, -0.2) is 9.86 Å². The zero-order valence-electron chi connectivity index (χ0n) is 26.2. The lowest BCUT2D eigenvalue weighted by molar-refractivity contribution is -0.200. The molecule has 0 bridgehead atoms. The maximum absolute atomic E-state index is 13.4. The molecule has 2 atom stereocenters. The van der Waals surface area contributed by atoms with Crippen LogP contribution < -0.4 is 20.7 Å². The molecule has 14 nitrogen and oxygen atoms in total. The second kappa shape index (κ2) is 18.0. The molecule has 0 aliphatic rings. The summed E-state index contributed by atoms with van der Waals surface area (Å²) >= 11 is 0. The largest absolute Gasteiger partial charge is 0.482 e. The van der Waals surface area contributed by atoms with Crippen molar-refractivity contribution in [2.75, 3.05) is 13.3 Å². The number of carboxylic acid groups (broad SMARTS) is 1. The van der Waals surface area contributed by atoms with E-state index in [2.05, 4.69) is 10.6 Å². The number of nitrogens with zero attached hydrogens (tertiary/aromatic N) is 1. The molecule has 0 fully saturated rings. The van der Waals surface area contributed by atoms with Gasteiger partial charge >= 0.3 is 13.6 Å². The molecule has 3 amide bonds. The van der Waals surface area contributed by atoms with Crippen molar-refractivity contribution < 1.29 is 52.6 Å². The first-order valence-electron chi connectivity index (χ1n) is 15.1. The van der Waals surface area contributed by atoms with Gasteiger partial charge in [0, 0.05) is 5.56 Å². The molecule has 3 rings (SSSR count). The summed E-state index contributed by atoms with van der Waals surface area (Å²) in [5, 5.41) is 14.9. The summed E-state index contributed by atoms with van der Waals surface area (Å²) < 4.78 is 22.6. The van der Waals surface area contributed by atoms with Crippen LogP contribution in [0.1, 0.15) is 62.1 Å². The number of ether oxygens (including phenoxy) is 1. The predicted octanol–water partition coefficient (Wildman–Crippen LogP) is 3.58. The Morgan fingerprint density at radius 3 is 2.40 bits per heavy atom. The molecule has 2 aromatic carbocycles. The number of nitrogens with one attached hydrogen (secondary N) is 2. The molecular weight excluding hydrogens is 633 g/mol. The lowest BCUT2D eigenvalue weighted by Gasteiger charge is -2.32. The summed E-state index contributed by atoms with van der Waals surface area (Å²) in [6, 6.07) is 15.0. The van der Waals surface area contributed by atoms with E-state index in [1.54, 1.807) is 0 Å². The minimum Gasteiger partial charge on any atom is -0.482 e. The standard InChI is InChI=1S/C32H40N3O11P/c1-3-5-7-12-26(27(4-2)35(21-36)45-18-22-10-8-6-9-11-22)31(39)33-20-34-32(40)29-14-13-28(46-29)23-15-24(44-19-30(37)38)17-25(16-23)47(41,42)43/h6,8-11,13-17,21,26-27H,3-5,7,12,18-20H2,1-2H3,(H,33,39)(H,34,40)(H,37,38)(H2,41,42,43). The number of carbonyl (C=O) groups excluding carboxylic acids is 3. The Morgan fingerprint density at radius 1 is 1.02 bits per heavy atom. The van der Waals surface area contributed by atoms with Crippen LogP contribution in [0.5, 0.6) is 5.75 Å². The molecule has 1 heterocycles. The number of furan rings is 1. The van der Waals surface area contributed by atoms with Gasteiger partial charge < -0.3 is 34.7 Å². The van der Waals surface area contributed by atoms with Gasteiger partial charge in [0.25, 0.3) is 5.91 Å². The van der Waals surface area contributed by atoms with Gasteiger partial charge in [-0.3, -0.25) is 23.8 Å². The van der Waals surface area contributed by atoms with Gasteiger partial charge in [0.2, 0.25) is 12.3 Å². The molecule has 1 aromatic heterocycles. The zero-order chi connectivity index (χ0) is 34.4. The molecule has 47 heavy (non-hydrogen) atoms. The third kappa shape index (κ3) is 11.4. The number of rotatable bonds is 20. The van der Waals surface area contributed by atoms with Crippen molar-refractivity contribution in [3.8, 4) is 17.1 Å². The van der Waals surface area contributed by atoms with Crippen LogP contribution in [0.2, 0.25) is 0 Å². The fourth-order valence-electron chi connectivity index (χ4n) is 4.85. The van der Waals surface area contributed by atoms with Crippen LogP contribution in [0.15, 0.2) is 65.1 Å². The molecule has 5 N–H and O–H groups in total. The molecule has 0 radical (unpaired) electrons. The first-order chi connectivity index (χ1) is 22.5. The molecule has 0 aliphatic heterocycles. The van der Waals surface area contributed by atoms with Crippen molar-refractivity contribution in [2.24, 2.45) is 5.92 Å². The fourth-order valence-corrected chi connectivity index (χ4v) is 5.45. The van der Waals surface area contributed by atoms with E-state index in [1.807, 2.05) is 44.2 Å². The van der Waals surface area contributed by atoms with Gasteiger partial charge in [-0.15, -0.1) is 0 Å². The number of unbranched alkanes of at least 4 members (excludes halogenated alkanes) is 2. The van der Waals surface area contributed by atoms with Crippen molar-refractivity contribution in [1.29, 1.82) is 0 Å². The summed E-state index contributed by atoms with van der Waals surface area (Å²) in [5.74, 6) is -3.17. The minimum atomic E-state index is -4.75. The Kier molecular flexibility index (Phi) is 14.2. The topological polar surface area (TPSA) is 205 Å². The molecular formula is C32H40N3O11P. The summed E-state index contributed by atoms with van der Waals surface area (Å²) in [4.78, 5) is 74.2. The molecule has 0 saturated carbocycles. The Hall–Kier alpha value is -4.49. The van der Waals surface area contributed by atoms with E-state index in [0.717, 1.165) is 37.0 Å². The minimum absolute atomic E-state index is 0.0564. The summed E-state index contributed by atoms with van der Waals surface area (Å²) in [6.07, 6.45) is 4.11. The summed E-state index contributed by atoms with van der Waals surface area (Å²) in [6.45, 7) is 3.07. The first-order valence-corrected chi connectivity index (χ1v) is 16.7. The molecule has 254 valence electrons. The molecule has 0 spiro atoms. The van der Waals surface area contributed by atoms with Gasteiger partial charge in [-0.2, -0.15) is 0 Å². The fraction of sp³-hybridized carbons (Fsp3) is 0.375. The van der Waals surface area contributed by atoms with Crippen molar-refractivity contribution in [3.05, 3.63) is 72.0 Å². The van der Waals surface area contributed by atoms with Crippen LogP contribution in [-0.2, 0) is 30.4 Å². The average Bonchev–Trinajstić information content (AvgIpc) is 3.55. The number of hydrogen-bond acceptors (Lipinski definition) is 8. The van der Waals surface area contributed by atoms with E-state index in [4.69, 9.17) is 19.1 Å².